The Morgan fingerprint density at radius 2 is 1.85 bits per heavy atom. The number of hydrogen-bond donors (Lipinski definition) is 0. The molecule has 0 aliphatic carbocycles. The molecule has 1 aromatic carbocycles. The van der Waals surface area contributed by atoms with Crippen LogP contribution < -0.4 is 0 Å². The molecular weight excluding hydrogens is 328 g/mol. The summed E-state index contributed by atoms with van der Waals surface area (Å²) >= 11 is 0. The van der Waals surface area contributed by atoms with Gasteiger partial charge in [-0.2, -0.15) is 0 Å². The second-order valence-corrected chi connectivity index (χ2v) is 7.43. The smallest absolute Gasteiger partial charge is 0.305 e. The highest BCUT2D eigenvalue weighted by molar-refractivity contribution is 5.87. The Hall–Kier alpha value is -1.88. The average molecular weight is 358 g/mol. The molecule has 5 heteroatoms. The maximum Gasteiger partial charge on any atom is 0.305 e. The molecule has 2 fully saturated rings. The topological polar surface area (TPSA) is 49.9 Å². The van der Waals surface area contributed by atoms with Crippen molar-refractivity contribution in [1.29, 1.82) is 0 Å². The number of likely N-dealkylation sites (tertiary alicyclic amines) is 2. The quantitative estimate of drug-likeness (QED) is 0.703. The lowest BCUT2D eigenvalue weighted by Gasteiger charge is -2.44. The Labute approximate surface area is 156 Å². The predicted octanol–water partition coefficient (Wildman–Crippen LogP) is 2.64. The second-order valence-electron chi connectivity index (χ2n) is 7.43. The number of nitrogens with zero attached hydrogens (tertiary/aromatic N) is 2. The van der Waals surface area contributed by atoms with E-state index in [0.717, 1.165) is 64.7 Å². The monoisotopic (exact) mass is 358 g/mol. The molecule has 2 heterocycles. The first-order valence-corrected chi connectivity index (χ1v) is 9.81. The molecule has 1 aromatic rings. The van der Waals surface area contributed by atoms with Crippen LogP contribution in [0.15, 0.2) is 30.3 Å². The molecule has 0 aromatic heterocycles. The van der Waals surface area contributed by atoms with E-state index in [4.69, 9.17) is 4.74 Å². The molecule has 3 rings (SSSR count). The van der Waals surface area contributed by atoms with Gasteiger partial charge in [-0.15, -0.1) is 0 Å². The molecule has 1 amide bonds. The lowest BCUT2D eigenvalue weighted by molar-refractivity contribution is -0.147. The van der Waals surface area contributed by atoms with Crippen molar-refractivity contribution in [2.45, 2.75) is 50.5 Å². The van der Waals surface area contributed by atoms with Crippen LogP contribution in [0.5, 0.6) is 0 Å². The van der Waals surface area contributed by atoms with Crippen molar-refractivity contribution < 1.29 is 14.3 Å². The highest BCUT2D eigenvalue weighted by atomic mass is 16.5. The van der Waals surface area contributed by atoms with Gasteiger partial charge < -0.3 is 9.64 Å². The summed E-state index contributed by atoms with van der Waals surface area (Å²) in [7, 11) is 1.43. The van der Waals surface area contributed by atoms with Crippen molar-refractivity contribution in [1.82, 2.24) is 9.80 Å². The Kier molecular flexibility index (Phi) is 6.30. The minimum atomic E-state index is -0.328. The van der Waals surface area contributed by atoms with Gasteiger partial charge >= 0.3 is 5.97 Å². The molecule has 5 nitrogen and oxygen atoms in total. The Bertz CT molecular complexity index is 619. The fourth-order valence-electron chi connectivity index (χ4n) is 4.49. The summed E-state index contributed by atoms with van der Waals surface area (Å²) in [6.45, 7) is 3.41. The van der Waals surface area contributed by atoms with Gasteiger partial charge in [0.1, 0.15) is 5.54 Å². The summed E-state index contributed by atoms with van der Waals surface area (Å²) in [6.07, 6.45) is 6.12. The highest BCUT2D eigenvalue weighted by Gasteiger charge is 2.50. The minimum Gasteiger partial charge on any atom is -0.469 e. The van der Waals surface area contributed by atoms with Crippen molar-refractivity contribution in [2.75, 3.05) is 33.3 Å². The van der Waals surface area contributed by atoms with E-state index in [1.165, 1.54) is 12.7 Å². The summed E-state index contributed by atoms with van der Waals surface area (Å²) in [5.74, 6) is 0.132. The number of esters is 1. The third kappa shape index (κ3) is 4.09. The van der Waals surface area contributed by atoms with Crippen molar-refractivity contribution in [3.63, 3.8) is 0 Å². The number of hydrogen-bond acceptors (Lipinski definition) is 4. The molecule has 2 aliphatic heterocycles. The zero-order chi connectivity index (χ0) is 18.4. The molecule has 142 valence electrons. The molecule has 26 heavy (non-hydrogen) atoms. The molecule has 2 aliphatic rings. The lowest BCUT2D eigenvalue weighted by atomic mass is 9.85. The lowest BCUT2D eigenvalue weighted by Crippen LogP contribution is -2.60. The normalized spacial score (nSPS) is 23.6. The second kappa shape index (κ2) is 8.67. The zero-order valence-electron chi connectivity index (χ0n) is 15.8. The summed E-state index contributed by atoms with van der Waals surface area (Å²) in [5.41, 5.74) is 0.951. The van der Waals surface area contributed by atoms with Gasteiger partial charge in [0.05, 0.1) is 7.11 Å². The van der Waals surface area contributed by atoms with Crippen LogP contribution in [0.4, 0.5) is 0 Å². The first-order chi connectivity index (χ1) is 12.7. The van der Waals surface area contributed by atoms with E-state index in [0.29, 0.717) is 12.3 Å². The number of carbonyl (C=O) groups is 2. The molecule has 2 saturated heterocycles. The summed E-state index contributed by atoms with van der Waals surface area (Å²) in [6, 6.07) is 10.4. The molecule has 0 bridgehead atoms. The van der Waals surface area contributed by atoms with Gasteiger partial charge in [0.25, 0.3) is 0 Å². The van der Waals surface area contributed by atoms with Crippen LogP contribution in [-0.4, -0.2) is 60.5 Å². The molecule has 1 unspecified atom stereocenters. The van der Waals surface area contributed by atoms with E-state index in [2.05, 4.69) is 34.1 Å². The predicted molar refractivity (Wildman–Crippen MR) is 101 cm³/mol. The van der Waals surface area contributed by atoms with E-state index in [1.54, 1.807) is 0 Å². The number of benzene rings is 1. The number of amides is 1. The third-order valence-corrected chi connectivity index (χ3v) is 5.88. The number of ether oxygens (including phenoxy) is 1. The van der Waals surface area contributed by atoms with Crippen LogP contribution in [0.25, 0.3) is 0 Å². The largest absolute Gasteiger partial charge is 0.469 e. The SMILES string of the molecule is COC(=O)CCCN1CCCC12CCCN(CCc1ccccc1)C2=O. The average Bonchev–Trinajstić information content (AvgIpc) is 3.07. The van der Waals surface area contributed by atoms with E-state index < -0.39 is 0 Å². The first-order valence-electron chi connectivity index (χ1n) is 9.81. The summed E-state index contributed by atoms with van der Waals surface area (Å²) in [4.78, 5) is 29.1. The third-order valence-electron chi connectivity index (χ3n) is 5.88. The molecule has 0 radical (unpaired) electrons. The fourth-order valence-corrected chi connectivity index (χ4v) is 4.49. The number of methoxy groups -OCH3 is 1. The standard InChI is InChI=1S/C21H30N2O3/c1-26-19(24)10-5-15-23-16-7-13-21(23)12-6-14-22(20(21)25)17-11-18-8-3-2-4-9-18/h2-4,8-9H,5-7,10-17H2,1H3. The van der Waals surface area contributed by atoms with Crippen LogP contribution in [0.3, 0.4) is 0 Å². The van der Waals surface area contributed by atoms with Gasteiger partial charge in [-0.05, 0) is 57.2 Å². The summed E-state index contributed by atoms with van der Waals surface area (Å²) in [5, 5.41) is 0. The van der Waals surface area contributed by atoms with Crippen LogP contribution in [0, 0.1) is 0 Å². The Morgan fingerprint density at radius 1 is 1.12 bits per heavy atom. The van der Waals surface area contributed by atoms with Gasteiger partial charge in [-0.1, -0.05) is 30.3 Å². The van der Waals surface area contributed by atoms with Crippen LogP contribution in [0.1, 0.15) is 44.1 Å². The highest BCUT2D eigenvalue weighted by Crippen LogP contribution is 2.38. The number of carbonyl (C=O) groups excluding carboxylic acids is 2. The molecule has 0 N–H and O–H groups in total. The van der Waals surface area contributed by atoms with Gasteiger partial charge in [-0.25, -0.2) is 0 Å². The van der Waals surface area contributed by atoms with Crippen molar-refractivity contribution in [3.8, 4) is 0 Å². The Balaban J connectivity index is 1.60. The van der Waals surface area contributed by atoms with E-state index in [1.807, 2.05) is 6.07 Å². The number of piperidine rings is 1. The van der Waals surface area contributed by atoms with Crippen LogP contribution in [0.2, 0.25) is 0 Å². The molecule has 0 saturated carbocycles. The van der Waals surface area contributed by atoms with E-state index in [9.17, 15) is 9.59 Å². The number of rotatable bonds is 7. The molecule has 1 spiro atoms. The maximum atomic E-state index is 13.3. The van der Waals surface area contributed by atoms with E-state index >= 15 is 0 Å². The fraction of sp³-hybridized carbons (Fsp3) is 0.619. The zero-order valence-corrected chi connectivity index (χ0v) is 15.8. The minimum absolute atomic E-state index is 0.169. The van der Waals surface area contributed by atoms with Gasteiger partial charge in [-0.3, -0.25) is 14.5 Å². The van der Waals surface area contributed by atoms with Crippen molar-refractivity contribution in [3.05, 3.63) is 35.9 Å². The maximum absolute atomic E-state index is 13.3. The van der Waals surface area contributed by atoms with Crippen LogP contribution in [-0.2, 0) is 20.7 Å². The van der Waals surface area contributed by atoms with Crippen molar-refractivity contribution >= 4 is 11.9 Å². The first kappa shape index (κ1) is 18.9. The van der Waals surface area contributed by atoms with Gasteiger partial charge in [0.2, 0.25) is 5.91 Å². The Morgan fingerprint density at radius 3 is 2.58 bits per heavy atom. The molecular formula is C21H30N2O3. The van der Waals surface area contributed by atoms with E-state index in [-0.39, 0.29) is 11.5 Å². The van der Waals surface area contributed by atoms with Crippen molar-refractivity contribution in [2.24, 2.45) is 0 Å². The van der Waals surface area contributed by atoms with Gasteiger partial charge in [0, 0.05) is 19.5 Å². The van der Waals surface area contributed by atoms with Gasteiger partial charge in [0.15, 0.2) is 0 Å². The van der Waals surface area contributed by atoms with Crippen LogP contribution >= 0.6 is 0 Å². The molecule has 1 atom stereocenters. The summed E-state index contributed by atoms with van der Waals surface area (Å²) < 4.78 is 4.73.